The first kappa shape index (κ1) is 14.2. The van der Waals surface area contributed by atoms with Crippen LogP contribution in [0.3, 0.4) is 0 Å². The molecule has 0 aromatic heterocycles. The van der Waals surface area contributed by atoms with Gasteiger partial charge in [0.2, 0.25) is 0 Å². The maximum Gasteiger partial charge on any atom is 0.0707 e. The van der Waals surface area contributed by atoms with Crippen LogP contribution in [-0.4, -0.2) is 42.3 Å². The smallest absolute Gasteiger partial charge is 0.0707 e. The van der Waals surface area contributed by atoms with Gasteiger partial charge in [0.25, 0.3) is 0 Å². The Morgan fingerprint density at radius 1 is 1.24 bits per heavy atom. The molecule has 21 heavy (non-hydrogen) atoms. The molecule has 4 heteroatoms. The van der Waals surface area contributed by atoms with Crippen LogP contribution >= 0.6 is 15.9 Å². The first-order valence-corrected chi connectivity index (χ1v) is 8.86. The van der Waals surface area contributed by atoms with E-state index in [1.807, 2.05) is 0 Å². The number of fused-ring (bicyclic) bond motifs is 3. The van der Waals surface area contributed by atoms with Gasteiger partial charge in [-0.1, -0.05) is 22.0 Å². The van der Waals surface area contributed by atoms with Gasteiger partial charge in [-0.15, -0.1) is 0 Å². The number of nitrogens with two attached hydrogens (primary N) is 1. The van der Waals surface area contributed by atoms with Gasteiger partial charge in [0.05, 0.1) is 12.2 Å². The van der Waals surface area contributed by atoms with Gasteiger partial charge in [0, 0.05) is 29.6 Å². The third-order valence-electron chi connectivity index (χ3n) is 5.64. The van der Waals surface area contributed by atoms with Crippen molar-refractivity contribution in [2.45, 2.75) is 49.9 Å². The molecule has 3 aliphatic rings. The number of hydrogen-bond acceptors (Lipinski definition) is 3. The first-order valence-electron chi connectivity index (χ1n) is 8.06. The van der Waals surface area contributed by atoms with Gasteiger partial charge in [-0.3, -0.25) is 4.90 Å². The summed E-state index contributed by atoms with van der Waals surface area (Å²) in [7, 11) is 0. The van der Waals surface area contributed by atoms with Crippen LogP contribution in [-0.2, 0) is 17.6 Å². The molecule has 1 aliphatic carbocycles. The van der Waals surface area contributed by atoms with Crippen molar-refractivity contribution >= 4 is 15.9 Å². The summed E-state index contributed by atoms with van der Waals surface area (Å²) in [5.74, 6) is 0. The number of aryl methyl sites for hydroxylation is 1. The fourth-order valence-electron chi connectivity index (χ4n) is 4.39. The van der Waals surface area contributed by atoms with Gasteiger partial charge in [0.15, 0.2) is 0 Å². The Balaban J connectivity index is 1.61. The number of nitrogens with zero attached hydrogens (tertiary/aromatic N) is 1. The highest BCUT2D eigenvalue weighted by molar-refractivity contribution is 9.10. The average molecular weight is 351 g/mol. The summed E-state index contributed by atoms with van der Waals surface area (Å²) in [6.07, 6.45) is 6.74. The van der Waals surface area contributed by atoms with Crippen molar-refractivity contribution in [3.63, 3.8) is 0 Å². The number of likely N-dealkylation sites (tertiary alicyclic amines) is 1. The van der Waals surface area contributed by atoms with Crippen LogP contribution in [0.4, 0.5) is 0 Å². The van der Waals surface area contributed by atoms with Crippen LogP contribution in [0.15, 0.2) is 22.7 Å². The molecule has 4 rings (SSSR count). The molecular weight excluding hydrogens is 328 g/mol. The molecule has 3 nitrogen and oxygen atoms in total. The lowest BCUT2D eigenvalue weighted by atomic mass is 9.76. The Hall–Kier alpha value is -0.420. The lowest BCUT2D eigenvalue weighted by Gasteiger charge is -2.49. The van der Waals surface area contributed by atoms with Crippen LogP contribution in [0.1, 0.15) is 30.4 Å². The minimum Gasteiger partial charge on any atom is -0.372 e. The average Bonchev–Trinajstić information content (AvgIpc) is 2.85. The summed E-state index contributed by atoms with van der Waals surface area (Å²) in [6, 6.07) is 6.71. The Labute approximate surface area is 135 Å². The zero-order chi connectivity index (χ0) is 14.4. The van der Waals surface area contributed by atoms with Crippen molar-refractivity contribution in [2.24, 2.45) is 5.73 Å². The van der Waals surface area contributed by atoms with E-state index in [4.69, 9.17) is 10.5 Å². The summed E-state index contributed by atoms with van der Waals surface area (Å²) in [5, 5.41) is 0. The monoisotopic (exact) mass is 350 g/mol. The number of rotatable bonds is 2. The van der Waals surface area contributed by atoms with Gasteiger partial charge in [-0.2, -0.15) is 0 Å². The second-order valence-corrected chi connectivity index (χ2v) is 7.80. The highest BCUT2D eigenvalue weighted by Crippen LogP contribution is 2.38. The molecule has 0 saturated carbocycles. The fraction of sp³-hybridized carbons (Fsp3) is 0.647. The molecule has 2 aliphatic heterocycles. The van der Waals surface area contributed by atoms with Crippen LogP contribution < -0.4 is 5.73 Å². The van der Waals surface area contributed by atoms with Gasteiger partial charge < -0.3 is 10.5 Å². The van der Waals surface area contributed by atoms with Crippen molar-refractivity contribution in [1.29, 1.82) is 0 Å². The zero-order valence-corrected chi connectivity index (χ0v) is 13.9. The number of hydrogen-bond donors (Lipinski definition) is 1. The van der Waals surface area contributed by atoms with E-state index in [9.17, 15) is 0 Å². The molecule has 114 valence electrons. The van der Waals surface area contributed by atoms with E-state index in [0.29, 0.717) is 12.2 Å². The zero-order valence-electron chi connectivity index (χ0n) is 12.4. The molecule has 2 fully saturated rings. The molecule has 1 aromatic carbocycles. The van der Waals surface area contributed by atoms with E-state index in [-0.39, 0.29) is 5.54 Å². The minimum absolute atomic E-state index is 0.144. The quantitative estimate of drug-likeness (QED) is 0.890. The summed E-state index contributed by atoms with van der Waals surface area (Å²) < 4.78 is 7.19. The van der Waals surface area contributed by atoms with E-state index in [1.54, 1.807) is 0 Å². The maximum absolute atomic E-state index is 6.28. The van der Waals surface area contributed by atoms with E-state index in [0.717, 1.165) is 32.5 Å². The summed E-state index contributed by atoms with van der Waals surface area (Å²) in [4.78, 5) is 2.66. The van der Waals surface area contributed by atoms with Gasteiger partial charge >= 0.3 is 0 Å². The standard InChI is InChI=1S/C17H23BrN2O/c18-14-2-1-13-8-17(11-19,6-5-12(13)7-14)20-9-15-3-4-16(10-20)21-15/h1-2,7,15-16H,3-6,8-11,19H2. The lowest BCUT2D eigenvalue weighted by Crippen LogP contribution is -2.61. The van der Waals surface area contributed by atoms with Gasteiger partial charge in [-0.05, 0) is 55.4 Å². The number of ether oxygens (including phenoxy) is 1. The van der Waals surface area contributed by atoms with E-state index in [2.05, 4.69) is 39.0 Å². The number of benzene rings is 1. The highest BCUT2D eigenvalue weighted by atomic mass is 79.9. The van der Waals surface area contributed by atoms with Crippen LogP contribution in [0.2, 0.25) is 0 Å². The van der Waals surface area contributed by atoms with E-state index in [1.165, 1.54) is 34.9 Å². The normalized spacial score (nSPS) is 35.7. The maximum atomic E-state index is 6.28. The lowest BCUT2D eigenvalue weighted by molar-refractivity contribution is -0.0800. The minimum atomic E-state index is 0.144. The topological polar surface area (TPSA) is 38.5 Å². The Morgan fingerprint density at radius 3 is 2.71 bits per heavy atom. The molecule has 2 bridgehead atoms. The molecule has 2 heterocycles. The Morgan fingerprint density at radius 2 is 2.00 bits per heavy atom. The summed E-state index contributed by atoms with van der Waals surface area (Å²) >= 11 is 3.58. The second kappa shape index (κ2) is 5.34. The molecule has 0 spiro atoms. The number of morpholine rings is 1. The van der Waals surface area contributed by atoms with Crippen molar-refractivity contribution in [3.8, 4) is 0 Å². The van der Waals surface area contributed by atoms with Gasteiger partial charge in [0.1, 0.15) is 0 Å². The Bertz CT molecular complexity index is 538. The van der Waals surface area contributed by atoms with Crippen molar-refractivity contribution in [2.75, 3.05) is 19.6 Å². The van der Waals surface area contributed by atoms with E-state index < -0.39 is 0 Å². The second-order valence-electron chi connectivity index (χ2n) is 6.88. The largest absolute Gasteiger partial charge is 0.372 e. The van der Waals surface area contributed by atoms with Crippen LogP contribution in [0, 0.1) is 0 Å². The van der Waals surface area contributed by atoms with Gasteiger partial charge in [-0.25, -0.2) is 0 Å². The Kier molecular flexibility index (Phi) is 3.61. The first-order chi connectivity index (χ1) is 10.2. The van der Waals surface area contributed by atoms with Crippen LogP contribution in [0.5, 0.6) is 0 Å². The van der Waals surface area contributed by atoms with Crippen LogP contribution in [0.25, 0.3) is 0 Å². The molecule has 0 radical (unpaired) electrons. The predicted octanol–water partition coefficient (Wildman–Crippen LogP) is 2.50. The van der Waals surface area contributed by atoms with E-state index >= 15 is 0 Å². The van der Waals surface area contributed by atoms with Crippen molar-refractivity contribution in [1.82, 2.24) is 4.90 Å². The molecule has 0 amide bonds. The highest BCUT2D eigenvalue weighted by Gasteiger charge is 2.44. The molecule has 3 atom stereocenters. The number of halogens is 1. The third-order valence-corrected chi connectivity index (χ3v) is 6.14. The fourth-order valence-corrected chi connectivity index (χ4v) is 4.79. The SMILES string of the molecule is NCC1(N2CC3CCC(C2)O3)CCc2cc(Br)ccc2C1. The molecule has 2 N–H and O–H groups in total. The van der Waals surface area contributed by atoms with Crippen molar-refractivity contribution in [3.05, 3.63) is 33.8 Å². The molecule has 3 unspecified atom stereocenters. The molecular formula is C17H23BrN2O. The third kappa shape index (κ3) is 2.46. The summed E-state index contributed by atoms with van der Waals surface area (Å²) in [5.41, 5.74) is 9.39. The predicted molar refractivity (Wildman–Crippen MR) is 87.4 cm³/mol. The molecule has 1 aromatic rings. The van der Waals surface area contributed by atoms with Crippen molar-refractivity contribution < 1.29 is 4.74 Å². The summed E-state index contributed by atoms with van der Waals surface area (Å²) in [6.45, 7) is 2.89. The molecule has 2 saturated heterocycles.